The standard InChI is InChI=1S/C86H154NO8P/c1-6-8-10-12-14-16-18-20-22-24-26-28-30-32-34-36-38-39-40-41-42-43-44-45-46-47-49-51-53-55-57-59-61-63-65-67-69-71-73-75-77-79-86(89)95-84(83-94-96(90,91)93-81-80-87(3,4)5)82-92-85(88)78-76-74-72-70-68-66-64-62-60-58-56-54-52-50-48-37-35-33-31-29-27-25-23-21-19-17-15-13-11-9-7-2/h8-11,14-17,20-23,26-29,32,34,84H,6-7,12-13,18-19,24-25,30-31,33,35-83H2,1-5H3/b10-8-,11-9-,16-14-,17-15-,22-20-,23-21-,28-26-,29-27-,34-32-. The van der Waals surface area contributed by atoms with E-state index in [1.165, 1.54) is 250 Å². The van der Waals surface area contributed by atoms with E-state index in [4.69, 9.17) is 18.5 Å². The van der Waals surface area contributed by atoms with Crippen molar-refractivity contribution >= 4 is 19.8 Å². The monoisotopic (exact) mass is 1360 g/mol. The van der Waals surface area contributed by atoms with Gasteiger partial charge in [0.1, 0.15) is 19.8 Å². The molecule has 0 aromatic heterocycles. The highest BCUT2D eigenvalue weighted by molar-refractivity contribution is 7.45. The summed E-state index contributed by atoms with van der Waals surface area (Å²) in [7, 11) is 1.18. The predicted molar refractivity (Wildman–Crippen MR) is 415 cm³/mol. The lowest BCUT2D eigenvalue weighted by molar-refractivity contribution is -0.870. The van der Waals surface area contributed by atoms with Gasteiger partial charge in [0.05, 0.1) is 27.7 Å². The van der Waals surface area contributed by atoms with Crippen molar-refractivity contribution in [2.75, 3.05) is 47.5 Å². The molecule has 10 heteroatoms. The van der Waals surface area contributed by atoms with Gasteiger partial charge in [-0.25, -0.2) is 0 Å². The number of unbranched alkanes of at least 4 members (excludes halogenated alkanes) is 43. The Morgan fingerprint density at radius 2 is 0.562 bits per heavy atom. The third kappa shape index (κ3) is 79.7. The Morgan fingerprint density at radius 1 is 0.323 bits per heavy atom. The molecular formula is C86H154NO8P. The summed E-state index contributed by atoms with van der Waals surface area (Å²) >= 11 is 0. The fourth-order valence-electron chi connectivity index (χ4n) is 11.7. The molecule has 0 aromatic carbocycles. The van der Waals surface area contributed by atoms with Crippen LogP contribution in [0.25, 0.3) is 0 Å². The predicted octanol–water partition coefficient (Wildman–Crippen LogP) is 26.5. The molecule has 556 valence electrons. The molecule has 0 aliphatic heterocycles. The van der Waals surface area contributed by atoms with Crippen LogP contribution in [-0.2, 0) is 32.7 Å². The summed E-state index contributed by atoms with van der Waals surface area (Å²) in [6.07, 6.45) is 108. The van der Waals surface area contributed by atoms with E-state index in [-0.39, 0.29) is 32.0 Å². The van der Waals surface area contributed by atoms with Crippen molar-refractivity contribution in [1.82, 2.24) is 0 Å². The number of ether oxygens (including phenoxy) is 2. The van der Waals surface area contributed by atoms with Crippen LogP contribution in [0.5, 0.6) is 0 Å². The van der Waals surface area contributed by atoms with Crippen LogP contribution in [-0.4, -0.2) is 70.0 Å². The van der Waals surface area contributed by atoms with Crippen LogP contribution in [0.1, 0.15) is 373 Å². The average Bonchev–Trinajstić information content (AvgIpc) is 2.54. The van der Waals surface area contributed by atoms with Crippen molar-refractivity contribution in [2.24, 2.45) is 0 Å². The number of allylic oxidation sites excluding steroid dienone is 18. The Labute approximate surface area is 595 Å². The third-order valence-electron chi connectivity index (χ3n) is 17.8. The van der Waals surface area contributed by atoms with Gasteiger partial charge in [-0.1, -0.05) is 374 Å². The first-order valence-electron chi connectivity index (χ1n) is 40.6. The summed E-state index contributed by atoms with van der Waals surface area (Å²) in [5.41, 5.74) is 0. The molecule has 96 heavy (non-hydrogen) atoms. The molecule has 2 unspecified atom stereocenters. The van der Waals surface area contributed by atoms with E-state index in [9.17, 15) is 19.0 Å². The number of hydrogen-bond donors (Lipinski definition) is 0. The lowest BCUT2D eigenvalue weighted by Crippen LogP contribution is -2.37. The Bertz CT molecular complexity index is 1990. The zero-order valence-corrected chi connectivity index (χ0v) is 64.5. The van der Waals surface area contributed by atoms with Crippen molar-refractivity contribution < 1.29 is 42.1 Å². The number of phosphoric ester groups is 1. The Kier molecular flexibility index (Phi) is 73.2. The second-order valence-corrected chi connectivity index (χ2v) is 29.8. The normalized spacial score (nSPS) is 13.6. The number of carbonyl (C=O) groups is 2. The summed E-state index contributed by atoms with van der Waals surface area (Å²) in [6.45, 7) is 4.07. The molecule has 0 amide bonds. The van der Waals surface area contributed by atoms with Crippen molar-refractivity contribution in [3.05, 3.63) is 109 Å². The zero-order chi connectivity index (χ0) is 69.7. The van der Waals surface area contributed by atoms with Crippen LogP contribution in [0.4, 0.5) is 0 Å². The largest absolute Gasteiger partial charge is 0.756 e. The highest BCUT2D eigenvalue weighted by atomic mass is 31.2. The van der Waals surface area contributed by atoms with E-state index >= 15 is 0 Å². The van der Waals surface area contributed by atoms with E-state index in [1.54, 1.807) is 0 Å². The van der Waals surface area contributed by atoms with E-state index in [2.05, 4.69) is 123 Å². The second kappa shape index (κ2) is 75.9. The lowest BCUT2D eigenvalue weighted by atomic mass is 10.0. The number of phosphoric acid groups is 1. The minimum atomic E-state index is -4.65. The topological polar surface area (TPSA) is 111 Å². The number of quaternary nitrogens is 1. The van der Waals surface area contributed by atoms with Gasteiger partial charge < -0.3 is 27.9 Å². The minimum Gasteiger partial charge on any atom is -0.756 e. The van der Waals surface area contributed by atoms with E-state index in [1.807, 2.05) is 21.1 Å². The number of hydrogen-bond acceptors (Lipinski definition) is 8. The molecule has 0 aromatic rings. The van der Waals surface area contributed by atoms with Crippen LogP contribution in [0.15, 0.2) is 109 Å². The van der Waals surface area contributed by atoms with E-state index < -0.39 is 26.5 Å². The maximum Gasteiger partial charge on any atom is 0.306 e. The molecule has 0 saturated heterocycles. The fourth-order valence-corrected chi connectivity index (χ4v) is 12.4. The molecule has 0 aliphatic carbocycles. The number of carbonyl (C=O) groups excluding carboxylic acids is 2. The number of rotatable bonds is 75. The van der Waals surface area contributed by atoms with Crippen LogP contribution in [0.2, 0.25) is 0 Å². The van der Waals surface area contributed by atoms with Crippen molar-refractivity contribution in [3.63, 3.8) is 0 Å². The number of likely N-dealkylation sites (N-methyl/N-ethyl adjacent to an activating group) is 1. The summed E-state index contributed by atoms with van der Waals surface area (Å²) in [5.74, 6) is -0.816. The fraction of sp³-hybridized carbons (Fsp3) is 0.767. The summed E-state index contributed by atoms with van der Waals surface area (Å²) in [5, 5.41) is 0. The molecule has 0 rings (SSSR count). The molecule has 0 saturated carbocycles. The Hall–Kier alpha value is -3.33. The lowest BCUT2D eigenvalue weighted by Gasteiger charge is -2.28. The van der Waals surface area contributed by atoms with Crippen LogP contribution in [0.3, 0.4) is 0 Å². The highest BCUT2D eigenvalue weighted by Crippen LogP contribution is 2.38. The average molecular weight is 1360 g/mol. The first kappa shape index (κ1) is 92.7. The maximum atomic E-state index is 12.9. The summed E-state index contributed by atoms with van der Waals surface area (Å²) < 4.78 is 34.4. The van der Waals surface area contributed by atoms with Gasteiger partial charge in [-0.2, -0.15) is 0 Å². The molecule has 0 fully saturated rings. The van der Waals surface area contributed by atoms with Crippen molar-refractivity contribution in [3.8, 4) is 0 Å². The third-order valence-corrected chi connectivity index (χ3v) is 18.8. The Balaban J connectivity index is 3.91. The highest BCUT2D eigenvalue weighted by Gasteiger charge is 2.22. The van der Waals surface area contributed by atoms with Gasteiger partial charge in [0, 0.05) is 12.8 Å². The van der Waals surface area contributed by atoms with Crippen LogP contribution < -0.4 is 4.89 Å². The van der Waals surface area contributed by atoms with Gasteiger partial charge in [0.25, 0.3) is 7.82 Å². The van der Waals surface area contributed by atoms with Gasteiger partial charge in [-0.15, -0.1) is 0 Å². The van der Waals surface area contributed by atoms with E-state index in [0.717, 1.165) is 89.9 Å². The van der Waals surface area contributed by atoms with Crippen molar-refractivity contribution in [2.45, 2.75) is 380 Å². The molecule has 0 aliphatic rings. The van der Waals surface area contributed by atoms with Crippen molar-refractivity contribution in [1.29, 1.82) is 0 Å². The SMILES string of the molecule is CC/C=C\C/C=C\C/C=C\C/C=C\C/C=C\CCCCCCCCCCCCCCCCCCCCCCCCCCCC(=O)OC(COC(=O)CCCCCCCCCCCCCCCCCCCC/C=C\C/C=C\C/C=C\C/C=C\CC)COP(=O)([O-])OCC[N+](C)(C)C. The first-order valence-corrected chi connectivity index (χ1v) is 42.1. The quantitative estimate of drug-likeness (QED) is 0.0195. The molecule has 9 nitrogen and oxygen atoms in total. The smallest absolute Gasteiger partial charge is 0.306 e. The zero-order valence-electron chi connectivity index (χ0n) is 63.6. The molecule has 0 radical (unpaired) electrons. The number of esters is 2. The van der Waals surface area contributed by atoms with Gasteiger partial charge in [-0.3, -0.25) is 14.2 Å². The van der Waals surface area contributed by atoms with E-state index in [0.29, 0.717) is 17.4 Å². The molecule has 0 bridgehead atoms. The van der Waals surface area contributed by atoms with Crippen LogP contribution >= 0.6 is 7.82 Å². The maximum absolute atomic E-state index is 12.9. The minimum absolute atomic E-state index is 0.0308. The second-order valence-electron chi connectivity index (χ2n) is 28.4. The first-order chi connectivity index (χ1) is 47.0. The van der Waals surface area contributed by atoms with Gasteiger partial charge in [0.2, 0.25) is 0 Å². The molecule has 0 spiro atoms. The van der Waals surface area contributed by atoms with Gasteiger partial charge in [0.15, 0.2) is 6.10 Å². The molecule has 0 N–H and O–H groups in total. The number of nitrogens with zero attached hydrogens (tertiary/aromatic N) is 1. The molecular weight excluding hydrogens is 1210 g/mol. The summed E-state index contributed by atoms with van der Waals surface area (Å²) in [4.78, 5) is 38.2. The van der Waals surface area contributed by atoms with Crippen LogP contribution in [0, 0.1) is 0 Å². The van der Waals surface area contributed by atoms with Gasteiger partial charge in [-0.05, 0) is 96.3 Å². The van der Waals surface area contributed by atoms with Gasteiger partial charge >= 0.3 is 11.9 Å². The molecule has 0 heterocycles. The Morgan fingerprint density at radius 3 is 0.833 bits per heavy atom. The summed E-state index contributed by atoms with van der Waals surface area (Å²) in [6, 6.07) is 0. The molecule has 2 atom stereocenters.